The fourth-order valence-corrected chi connectivity index (χ4v) is 3.04. The SMILES string of the molecule is CN=C(NCC(C)c1ccsc1)NC(C)c1ccc(F)cc1F.I. The van der Waals surface area contributed by atoms with Gasteiger partial charge in [-0.1, -0.05) is 13.0 Å². The minimum Gasteiger partial charge on any atom is -0.356 e. The van der Waals surface area contributed by atoms with Gasteiger partial charge in [0.05, 0.1) is 6.04 Å². The molecule has 0 amide bonds. The van der Waals surface area contributed by atoms with Crippen molar-refractivity contribution in [2.24, 2.45) is 4.99 Å². The molecule has 2 N–H and O–H groups in total. The fourth-order valence-electron chi connectivity index (χ4n) is 2.25. The first kappa shape index (κ1) is 20.8. The number of nitrogens with zero attached hydrogens (tertiary/aromatic N) is 1. The molecular formula is C17H22F2IN3S. The Balaban J connectivity index is 0.00000288. The van der Waals surface area contributed by atoms with E-state index in [9.17, 15) is 8.78 Å². The Morgan fingerprint density at radius 3 is 2.58 bits per heavy atom. The Morgan fingerprint density at radius 2 is 2.00 bits per heavy atom. The molecule has 0 bridgehead atoms. The fraction of sp³-hybridized carbons (Fsp3) is 0.353. The average molecular weight is 465 g/mol. The van der Waals surface area contributed by atoms with Crippen LogP contribution in [0.4, 0.5) is 8.78 Å². The van der Waals surface area contributed by atoms with Gasteiger partial charge >= 0.3 is 0 Å². The lowest BCUT2D eigenvalue weighted by atomic mass is 10.1. The summed E-state index contributed by atoms with van der Waals surface area (Å²) in [5, 5.41) is 10.5. The van der Waals surface area contributed by atoms with E-state index in [2.05, 4.69) is 39.4 Å². The van der Waals surface area contributed by atoms with E-state index in [1.807, 2.05) is 6.92 Å². The van der Waals surface area contributed by atoms with Gasteiger partial charge in [0.2, 0.25) is 0 Å². The first-order chi connectivity index (χ1) is 11.0. The summed E-state index contributed by atoms with van der Waals surface area (Å²) < 4.78 is 26.8. The van der Waals surface area contributed by atoms with Gasteiger partial charge in [-0.05, 0) is 41.3 Å². The molecule has 0 radical (unpaired) electrons. The van der Waals surface area contributed by atoms with Gasteiger partial charge in [0.1, 0.15) is 11.6 Å². The van der Waals surface area contributed by atoms with Crippen LogP contribution >= 0.6 is 35.3 Å². The van der Waals surface area contributed by atoms with E-state index in [4.69, 9.17) is 0 Å². The van der Waals surface area contributed by atoms with Gasteiger partial charge in [-0.15, -0.1) is 24.0 Å². The van der Waals surface area contributed by atoms with Crippen LogP contribution in [0.1, 0.15) is 36.9 Å². The van der Waals surface area contributed by atoms with Crippen LogP contribution in [0.15, 0.2) is 40.0 Å². The zero-order valence-electron chi connectivity index (χ0n) is 13.8. The van der Waals surface area contributed by atoms with Crippen LogP contribution in [0.25, 0.3) is 0 Å². The molecule has 132 valence electrons. The number of thiophene rings is 1. The Bertz CT molecular complexity index is 662. The van der Waals surface area contributed by atoms with Crippen molar-refractivity contribution < 1.29 is 8.78 Å². The summed E-state index contributed by atoms with van der Waals surface area (Å²) in [6.07, 6.45) is 0. The van der Waals surface area contributed by atoms with Crippen LogP contribution in [-0.2, 0) is 0 Å². The maximum absolute atomic E-state index is 13.8. The summed E-state index contributed by atoms with van der Waals surface area (Å²) in [5.74, 6) is -0.210. The first-order valence-electron chi connectivity index (χ1n) is 7.45. The van der Waals surface area contributed by atoms with Crippen molar-refractivity contribution in [2.75, 3.05) is 13.6 Å². The van der Waals surface area contributed by atoms with Crippen molar-refractivity contribution in [1.29, 1.82) is 0 Å². The number of guanidine groups is 1. The summed E-state index contributed by atoms with van der Waals surface area (Å²) >= 11 is 1.67. The van der Waals surface area contributed by atoms with Gasteiger partial charge in [-0.2, -0.15) is 11.3 Å². The van der Waals surface area contributed by atoms with Gasteiger partial charge in [0.15, 0.2) is 5.96 Å². The summed E-state index contributed by atoms with van der Waals surface area (Å²) in [6.45, 7) is 4.66. The Hall–Kier alpha value is -1.22. The van der Waals surface area contributed by atoms with E-state index in [0.29, 0.717) is 17.4 Å². The number of rotatable bonds is 5. The second kappa shape index (κ2) is 9.93. The first-order valence-corrected chi connectivity index (χ1v) is 8.39. The smallest absolute Gasteiger partial charge is 0.191 e. The van der Waals surface area contributed by atoms with E-state index in [0.717, 1.165) is 12.6 Å². The third kappa shape index (κ3) is 5.70. The molecule has 1 heterocycles. The molecule has 0 aliphatic rings. The maximum atomic E-state index is 13.8. The molecule has 0 aliphatic carbocycles. The van der Waals surface area contributed by atoms with Gasteiger partial charge in [0, 0.05) is 25.2 Å². The molecule has 0 saturated carbocycles. The highest BCUT2D eigenvalue weighted by Crippen LogP contribution is 2.18. The van der Waals surface area contributed by atoms with Crippen LogP contribution in [-0.4, -0.2) is 19.6 Å². The summed E-state index contributed by atoms with van der Waals surface area (Å²) in [7, 11) is 1.67. The lowest BCUT2D eigenvalue weighted by Gasteiger charge is -2.20. The number of benzene rings is 1. The predicted molar refractivity (Wildman–Crippen MR) is 107 cm³/mol. The van der Waals surface area contributed by atoms with Crippen LogP contribution in [0.3, 0.4) is 0 Å². The molecule has 2 rings (SSSR count). The van der Waals surface area contributed by atoms with Crippen molar-refractivity contribution in [1.82, 2.24) is 10.6 Å². The van der Waals surface area contributed by atoms with Gasteiger partial charge in [0.25, 0.3) is 0 Å². The molecule has 2 aromatic rings. The van der Waals surface area contributed by atoms with E-state index in [1.54, 1.807) is 18.4 Å². The monoisotopic (exact) mass is 465 g/mol. The van der Waals surface area contributed by atoms with Crippen LogP contribution in [0.5, 0.6) is 0 Å². The largest absolute Gasteiger partial charge is 0.356 e. The standard InChI is InChI=1S/C17H21F2N3S.HI/c1-11(13-6-7-23-10-13)9-21-17(20-3)22-12(2)15-5-4-14(18)8-16(15)19;/h4-8,10-12H,9H2,1-3H3,(H2,20,21,22);1H. The van der Waals surface area contributed by atoms with Crippen molar-refractivity contribution in [3.05, 3.63) is 57.8 Å². The molecule has 0 fully saturated rings. The molecule has 0 saturated heterocycles. The van der Waals surface area contributed by atoms with E-state index >= 15 is 0 Å². The van der Waals surface area contributed by atoms with Crippen LogP contribution in [0, 0.1) is 11.6 Å². The second-order valence-electron chi connectivity index (χ2n) is 5.44. The number of aliphatic imine (C=N–C) groups is 1. The van der Waals surface area contributed by atoms with E-state index < -0.39 is 11.6 Å². The third-order valence-electron chi connectivity index (χ3n) is 3.69. The zero-order valence-corrected chi connectivity index (χ0v) is 17.0. The molecule has 2 atom stereocenters. The van der Waals surface area contributed by atoms with Crippen molar-refractivity contribution in [3.63, 3.8) is 0 Å². The number of hydrogen-bond donors (Lipinski definition) is 2. The maximum Gasteiger partial charge on any atom is 0.191 e. The summed E-state index contributed by atoms with van der Waals surface area (Å²) in [5.41, 5.74) is 1.68. The van der Waals surface area contributed by atoms with Crippen molar-refractivity contribution in [3.8, 4) is 0 Å². The molecule has 2 unspecified atom stereocenters. The van der Waals surface area contributed by atoms with E-state index in [-0.39, 0.29) is 30.0 Å². The second-order valence-corrected chi connectivity index (χ2v) is 6.22. The highest BCUT2D eigenvalue weighted by atomic mass is 127. The minimum atomic E-state index is -0.578. The molecule has 1 aromatic heterocycles. The Labute approximate surface area is 162 Å². The van der Waals surface area contributed by atoms with Gasteiger partial charge in [-0.25, -0.2) is 8.78 Å². The third-order valence-corrected chi connectivity index (χ3v) is 4.40. The minimum absolute atomic E-state index is 0. The topological polar surface area (TPSA) is 36.4 Å². The number of hydrogen-bond acceptors (Lipinski definition) is 2. The molecular weight excluding hydrogens is 443 g/mol. The Kier molecular flexibility index (Phi) is 8.61. The molecule has 0 aliphatic heterocycles. The highest BCUT2D eigenvalue weighted by molar-refractivity contribution is 14.0. The lowest BCUT2D eigenvalue weighted by molar-refractivity contribution is 0.550. The van der Waals surface area contributed by atoms with Gasteiger partial charge in [-0.3, -0.25) is 4.99 Å². The molecule has 0 spiro atoms. The molecule has 3 nitrogen and oxygen atoms in total. The van der Waals surface area contributed by atoms with Crippen LogP contribution < -0.4 is 10.6 Å². The van der Waals surface area contributed by atoms with Crippen LogP contribution in [0.2, 0.25) is 0 Å². The van der Waals surface area contributed by atoms with Crippen molar-refractivity contribution in [2.45, 2.75) is 25.8 Å². The lowest BCUT2D eigenvalue weighted by Crippen LogP contribution is -2.40. The van der Waals surface area contributed by atoms with Gasteiger partial charge < -0.3 is 10.6 Å². The van der Waals surface area contributed by atoms with Crippen molar-refractivity contribution >= 4 is 41.3 Å². The average Bonchev–Trinajstić information content (AvgIpc) is 3.05. The summed E-state index contributed by atoms with van der Waals surface area (Å²) in [6, 6.07) is 5.37. The number of nitrogens with one attached hydrogen (secondary N) is 2. The summed E-state index contributed by atoms with van der Waals surface area (Å²) in [4.78, 5) is 4.15. The molecule has 1 aromatic carbocycles. The quantitative estimate of drug-likeness (QED) is 0.383. The van der Waals surface area contributed by atoms with E-state index in [1.165, 1.54) is 17.7 Å². The predicted octanol–water partition coefficient (Wildman–Crippen LogP) is 4.67. The Morgan fingerprint density at radius 1 is 1.25 bits per heavy atom. The number of halogens is 3. The molecule has 7 heteroatoms. The normalized spacial score (nSPS) is 13.8. The zero-order chi connectivity index (χ0) is 16.8. The highest BCUT2D eigenvalue weighted by Gasteiger charge is 2.14. The molecule has 24 heavy (non-hydrogen) atoms.